The van der Waals surface area contributed by atoms with Crippen LogP contribution in [0.1, 0.15) is 64.9 Å². The molecule has 1 fully saturated rings. The van der Waals surface area contributed by atoms with Gasteiger partial charge in [0.15, 0.2) is 0 Å². The lowest BCUT2D eigenvalue weighted by Crippen LogP contribution is -2.51. The van der Waals surface area contributed by atoms with Crippen molar-refractivity contribution in [3.8, 4) is 0 Å². The predicted octanol–water partition coefficient (Wildman–Crippen LogP) is 4.86. The van der Waals surface area contributed by atoms with E-state index in [2.05, 4.69) is 30.3 Å². The van der Waals surface area contributed by atoms with Crippen molar-refractivity contribution in [2.75, 3.05) is 19.8 Å². The van der Waals surface area contributed by atoms with Gasteiger partial charge in [0, 0.05) is 31.4 Å². The average molecular weight is 380 g/mol. The highest BCUT2D eigenvalue weighted by Gasteiger charge is 2.45. The van der Waals surface area contributed by atoms with Gasteiger partial charge in [0.05, 0.1) is 0 Å². The highest BCUT2D eigenvalue weighted by Crippen LogP contribution is 2.42. The minimum atomic E-state index is -2.68. The molecule has 0 radical (unpaired) electrons. The maximum Gasteiger partial charge on any atom is 0.501 e. The molecule has 2 N–H and O–H groups in total. The van der Waals surface area contributed by atoms with Crippen molar-refractivity contribution in [2.45, 2.75) is 70.9 Å². The topological polar surface area (TPSA) is 53.7 Å². The van der Waals surface area contributed by atoms with Gasteiger partial charge < -0.3 is 19.0 Å². The number of rotatable bonds is 11. The molecule has 0 aromatic heterocycles. The van der Waals surface area contributed by atoms with Gasteiger partial charge in [-0.05, 0) is 51.5 Å². The second-order valence-corrected chi connectivity index (χ2v) is 9.96. The second kappa shape index (κ2) is 10.6. The smallest absolute Gasteiger partial charge is 0.374 e. The van der Waals surface area contributed by atoms with E-state index in [1.165, 1.54) is 37.7 Å². The highest BCUT2D eigenvalue weighted by atomic mass is 28.4. The van der Waals surface area contributed by atoms with Crippen molar-refractivity contribution in [1.82, 2.24) is 0 Å². The fourth-order valence-corrected chi connectivity index (χ4v) is 7.03. The molecule has 1 aromatic rings. The predicted molar refractivity (Wildman–Crippen MR) is 109 cm³/mol. The molecule has 0 amide bonds. The molecule has 1 aliphatic carbocycles. The van der Waals surface area contributed by atoms with E-state index < -0.39 is 8.80 Å². The fourth-order valence-electron chi connectivity index (χ4n) is 4.31. The Balaban J connectivity index is 2.24. The van der Waals surface area contributed by atoms with Gasteiger partial charge in [0.1, 0.15) is 0 Å². The zero-order valence-electron chi connectivity index (χ0n) is 16.8. The summed E-state index contributed by atoms with van der Waals surface area (Å²) in [5.41, 5.74) is 8.04. The van der Waals surface area contributed by atoms with E-state index >= 15 is 0 Å². The van der Waals surface area contributed by atoms with Gasteiger partial charge in [-0.1, -0.05) is 49.6 Å². The first-order valence-electron chi connectivity index (χ1n) is 10.4. The standard InChI is InChI=1S/C21H37NO3Si/c1-4-23-26(24-5-2,25-6-3)18-17-21(22,19-13-9-7-10-14-19)20-15-11-8-12-16-20/h7,9-10,13-14,20H,4-6,8,11-12,15-18,22H2,1-3H3. The van der Waals surface area contributed by atoms with E-state index in [9.17, 15) is 0 Å². The second-order valence-electron chi connectivity index (χ2n) is 7.22. The minimum Gasteiger partial charge on any atom is -0.374 e. The molecule has 1 saturated carbocycles. The minimum absolute atomic E-state index is 0.342. The first-order chi connectivity index (χ1) is 12.6. The van der Waals surface area contributed by atoms with Crippen molar-refractivity contribution >= 4 is 8.80 Å². The summed E-state index contributed by atoms with van der Waals surface area (Å²) in [6.07, 6.45) is 7.14. The van der Waals surface area contributed by atoms with Crippen LogP contribution in [0.25, 0.3) is 0 Å². The maximum atomic E-state index is 7.15. The van der Waals surface area contributed by atoms with Crippen molar-refractivity contribution in [1.29, 1.82) is 0 Å². The largest absolute Gasteiger partial charge is 0.501 e. The van der Waals surface area contributed by atoms with Crippen LogP contribution in [0.3, 0.4) is 0 Å². The van der Waals surface area contributed by atoms with Gasteiger partial charge in [-0.2, -0.15) is 0 Å². The Morgan fingerprint density at radius 1 is 0.923 bits per heavy atom. The Labute approximate surface area is 160 Å². The van der Waals surface area contributed by atoms with E-state index in [0.29, 0.717) is 25.7 Å². The monoisotopic (exact) mass is 379 g/mol. The third-order valence-corrected chi connectivity index (χ3v) is 8.63. The lowest BCUT2D eigenvalue weighted by atomic mass is 9.70. The van der Waals surface area contributed by atoms with Crippen LogP contribution in [0, 0.1) is 5.92 Å². The maximum absolute atomic E-state index is 7.15. The van der Waals surface area contributed by atoms with E-state index in [4.69, 9.17) is 19.0 Å². The zero-order valence-corrected chi connectivity index (χ0v) is 17.8. The molecule has 1 atom stereocenters. The molecular weight excluding hydrogens is 342 g/mol. The van der Waals surface area contributed by atoms with Crippen molar-refractivity contribution in [3.05, 3.63) is 35.9 Å². The molecule has 26 heavy (non-hydrogen) atoms. The fraction of sp³-hybridized carbons (Fsp3) is 0.714. The molecule has 2 rings (SSSR count). The molecular formula is C21H37NO3Si. The summed E-state index contributed by atoms with van der Waals surface area (Å²) in [4.78, 5) is 0. The van der Waals surface area contributed by atoms with Crippen LogP contribution in [-0.4, -0.2) is 28.6 Å². The van der Waals surface area contributed by atoms with Crippen LogP contribution in [0.15, 0.2) is 30.3 Å². The average Bonchev–Trinajstić information content (AvgIpc) is 2.68. The zero-order chi connectivity index (χ0) is 18.9. The molecule has 5 heteroatoms. The van der Waals surface area contributed by atoms with E-state index in [-0.39, 0.29) is 5.54 Å². The van der Waals surface area contributed by atoms with Gasteiger partial charge >= 0.3 is 8.80 Å². The van der Waals surface area contributed by atoms with Crippen molar-refractivity contribution in [2.24, 2.45) is 11.7 Å². The van der Waals surface area contributed by atoms with Crippen molar-refractivity contribution < 1.29 is 13.3 Å². The third-order valence-electron chi connectivity index (χ3n) is 5.58. The molecule has 0 aliphatic heterocycles. The molecule has 0 heterocycles. The van der Waals surface area contributed by atoms with E-state index in [1.807, 2.05) is 20.8 Å². The number of benzene rings is 1. The first-order valence-corrected chi connectivity index (χ1v) is 12.3. The van der Waals surface area contributed by atoms with Gasteiger partial charge in [-0.3, -0.25) is 0 Å². The summed E-state index contributed by atoms with van der Waals surface area (Å²) >= 11 is 0. The van der Waals surface area contributed by atoms with Crippen LogP contribution >= 0.6 is 0 Å². The molecule has 4 nitrogen and oxygen atoms in total. The van der Waals surface area contributed by atoms with Crippen LogP contribution < -0.4 is 5.73 Å². The Kier molecular flexibility index (Phi) is 8.77. The van der Waals surface area contributed by atoms with Gasteiger partial charge in [-0.15, -0.1) is 0 Å². The molecule has 1 aromatic carbocycles. The normalized spacial score (nSPS) is 18.6. The van der Waals surface area contributed by atoms with Gasteiger partial charge in [0.25, 0.3) is 0 Å². The third kappa shape index (κ3) is 5.39. The molecule has 0 saturated heterocycles. The highest BCUT2D eigenvalue weighted by molar-refractivity contribution is 6.60. The Morgan fingerprint density at radius 3 is 1.96 bits per heavy atom. The number of hydrogen-bond donors (Lipinski definition) is 1. The summed E-state index contributed by atoms with van der Waals surface area (Å²) in [5, 5.41) is 0. The Bertz CT molecular complexity index is 490. The van der Waals surface area contributed by atoms with Crippen LogP contribution in [0.5, 0.6) is 0 Å². The lowest BCUT2D eigenvalue weighted by Gasteiger charge is -2.42. The summed E-state index contributed by atoms with van der Waals surface area (Å²) in [6, 6.07) is 11.4. The van der Waals surface area contributed by atoms with Crippen molar-refractivity contribution in [3.63, 3.8) is 0 Å². The van der Waals surface area contributed by atoms with E-state index in [0.717, 1.165) is 12.5 Å². The van der Waals surface area contributed by atoms with Crippen LogP contribution in [-0.2, 0) is 18.8 Å². The Morgan fingerprint density at radius 2 is 1.46 bits per heavy atom. The number of hydrogen-bond acceptors (Lipinski definition) is 4. The SMILES string of the molecule is CCO[Si](CCC(N)(c1ccccc1)C1CCCCC1)(OCC)OCC. The summed E-state index contributed by atoms with van der Waals surface area (Å²) < 4.78 is 18.2. The summed E-state index contributed by atoms with van der Waals surface area (Å²) in [5.74, 6) is 0.509. The molecule has 1 unspecified atom stereocenters. The molecule has 0 spiro atoms. The Hall–Kier alpha value is -0.723. The summed E-state index contributed by atoms with van der Waals surface area (Å²) in [7, 11) is -2.68. The van der Waals surface area contributed by atoms with E-state index in [1.54, 1.807) is 0 Å². The molecule has 1 aliphatic rings. The first kappa shape index (κ1) is 21.6. The molecule has 0 bridgehead atoms. The molecule has 148 valence electrons. The number of nitrogens with two attached hydrogens (primary N) is 1. The lowest BCUT2D eigenvalue weighted by molar-refractivity contribution is 0.0663. The summed E-state index contributed by atoms with van der Waals surface area (Å²) in [6.45, 7) is 7.85. The van der Waals surface area contributed by atoms with Crippen LogP contribution in [0.2, 0.25) is 6.04 Å². The van der Waals surface area contributed by atoms with Gasteiger partial charge in [-0.25, -0.2) is 0 Å². The van der Waals surface area contributed by atoms with Gasteiger partial charge in [0.2, 0.25) is 0 Å². The quantitative estimate of drug-likeness (QED) is 0.558. The van der Waals surface area contributed by atoms with Crippen LogP contribution in [0.4, 0.5) is 0 Å².